The summed E-state index contributed by atoms with van der Waals surface area (Å²) in [5, 5.41) is 10.6. The largest absolute Gasteiger partial charge is 0.548 e. The van der Waals surface area contributed by atoms with Crippen molar-refractivity contribution >= 4 is 40.9 Å². The van der Waals surface area contributed by atoms with Crippen molar-refractivity contribution in [2.45, 2.75) is 25.3 Å². The molecule has 3 amide bonds. The van der Waals surface area contributed by atoms with E-state index in [-0.39, 0.29) is 11.4 Å². The lowest BCUT2D eigenvalue weighted by Crippen LogP contribution is -2.55. The van der Waals surface area contributed by atoms with Gasteiger partial charge in [0.05, 0.1) is 16.9 Å². The van der Waals surface area contributed by atoms with E-state index < -0.39 is 41.4 Å². The number of hydrogen-bond acceptors (Lipinski definition) is 6. The summed E-state index contributed by atoms with van der Waals surface area (Å²) in [4.78, 5) is 50.4. The Kier molecular flexibility index (Phi) is 5.59. The fourth-order valence-electron chi connectivity index (χ4n) is 3.05. The van der Waals surface area contributed by atoms with Crippen molar-refractivity contribution in [2.24, 2.45) is 0 Å². The number of piperidine rings is 1. The maximum atomic E-state index is 13.0. The molecule has 7 nitrogen and oxygen atoms in total. The average molecular weight is 391 g/mol. The van der Waals surface area contributed by atoms with E-state index in [9.17, 15) is 28.7 Å². The number of thioether (sulfide) groups is 1. The lowest BCUT2D eigenvalue weighted by atomic mass is 10.0. The van der Waals surface area contributed by atoms with Gasteiger partial charge in [0.2, 0.25) is 5.91 Å². The molecule has 2 saturated heterocycles. The molecule has 0 saturated carbocycles. The first kappa shape index (κ1) is 19.1. The number of carbonyl (C=O) groups is 4. The number of rotatable bonds is 4. The molecule has 0 bridgehead atoms. The molecule has 0 aliphatic carbocycles. The van der Waals surface area contributed by atoms with Crippen LogP contribution in [0.15, 0.2) is 29.2 Å². The van der Waals surface area contributed by atoms with Crippen LogP contribution in [-0.4, -0.2) is 52.0 Å². The van der Waals surface area contributed by atoms with Gasteiger partial charge in [-0.1, -0.05) is 12.1 Å². The third-order valence-electron chi connectivity index (χ3n) is 4.43. The van der Waals surface area contributed by atoms with Crippen LogP contribution in [0.5, 0.6) is 0 Å². The Balaban J connectivity index is 1.72. The van der Waals surface area contributed by atoms with Crippen LogP contribution in [0.2, 0.25) is 0 Å². The minimum Gasteiger partial charge on any atom is -0.548 e. The predicted molar refractivity (Wildman–Crippen MR) is 93.4 cm³/mol. The zero-order valence-corrected chi connectivity index (χ0v) is 15.0. The Morgan fingerprint density at radius 1 is 1.22 bits per heavy atom. The summed E-state index contributed by atoms with van der Waals surface area (Å²) in [7, 11) is 0. The van der Waals surface area contributed by atoms with Crippen LogP contribution in [0.4, 0.5) is 9.18 Å². The van der Waals surface area contributed by atoms with Crippen LogP contribution in [-0.2, 0) is 14.4 Å². The molecule has 1 aromatic carbocycles. The first-order chi connectivity index (χ1) is 12.9. The highest BCUT2D eigenvalue weighted by Gasteiger charge is 2.38. The van der Waals surface area contributed by atoms with Crippen LogP contribution >= 0.6 is 11.8 Å². The smallest absolute Gasteiger partial charge is 0.294 e. The van der Waals surface area contributed by atoms with Gasteiger partial charge in [-0.2, -0.15) is 0 Å². The van der Waals surface area contributed by atoms with Gasteiger partial charge in [0.15, 0.2) is 0 Å². The van der Waals surface area contributed by atoms with E-state index in [0.717, 1.165) is 9.80 Å². The number of carboxylic acids is 1. The normalized spacial score (nSPS) is 21.8. The molecule has 0 radical (unpaired) electrons. The van der Waals surface area contributed by atoms with Crippen molar-refractivity contribution in [1.29, 1.82) is 0 Å². The molecule has 3 rings (SSSR count). The molecule has 27 heavy (non-hydrogen) atoms. The summed E-state index contributed by atoms with van der Waals surface area (Å²) >= 11 is 0.682. The quantitative estimate of drug-likeness (QED) is 0.710. The second-order valence-corrected chi connectivity index (χ2v) is 7.23. The van der Waals surface area contributed by atoms with Crippen LogP contribution in [0, 0.1) is 5.82 Å². The molecule has 142 valence electrons. The number of carboxylic acid groups (broad SMARTS) is 1. The van der Waals surface area contributed by atoms with Crippen LogP contribution < -0.4 is 5.11 Å². The van der Waals surface area contributed by atoms with Crippen molar-refractivity contribution in [2.75, 3.05) is 13.1 Å². The lowest BCUT2D eigenvalue weighted by molar-refractivity contribution is -0.312. The maximum Gasteiger partial charge on any atom is 0.294 e. The number of likely N-dealkylation sites (tertiary alicyclic amines) is 1. The highest BCUT2D eigenvalue weighted by atomic mass is 32.2. The Hall–Kier alpha value is -2.68. The average Bonchev–Trinajstić information content (AvgIpc) is 2.91. The number of halogens is 1. The van der Waals surface area contributed by atoms with E-state index in [1.54, 1.807) is 0 Å². The Bertz CT molecular complexity index is 824. The fraction of sp³-hybridized carbons (Fsp3) is 0.333. The van der Waals surface area contributed by atoms with E-state index in [4.69, 9.17) is 0 Å². The van der Waals surface area contributed by atoms with Gasteiger partial charge in [-0.05, 0) is 54.8 Å². The highest BCUT2D eigenvalue weighted by molar-refractivity contribution is 8.18. The molecule has 1 atom stereocenters. The standard InChI is InChI=1S/C18H17FN2O5S/c19-12-6-4-11(5-7-12)9-14-16(23)21(18(26)27-14)10-15(22)20-8-2-1-3-13(20)17(24)25/h4-7,9,13H,1-3,8,10H2,(H,24,25)/p-1/b14-9-/t13-/m0/s1. The molecule has 2 aliphatic heterocycles. The number of carbonyl (C=O) groups excluding carboxylic acids is 4. The Labute approximate surface area is 158 Å². The van der Waals surface area contributed by atoms with Gasteiger partial charge in [-0.3, -0.25) is 19.3 Å². The van der Waals surface area contributed by atoms with E-state index >= 15 is 0 Å². The molecule has 2 heterocycles. The zero-order valence-electron chi connectivity index (χ0n) is 14.2. The summed E-state index contributed by atoms with van der Waals surface area (Å²) in [6, 6.07) is 4.35. The first-order valence-electron chi connectivity index (χ1n) is 8.38. The third kappa shape index (κ3) is 4.19. The van der Waals surface area contributed by atoms with Crippen molar-refractivity contribution in [3.8, 4) is 0 Å². The maximum absolute atomic E-state index is 13.0. The van der Waals surface area contributed by atoms with Crippen molar-refractivity contribution < 1.29 is 28.7 Å². The number of hydrogen-bond donors (Lipinski definition) is 0. The van der Waals surface area contributed by atoms with Gasteiger partial charge < -0.3 is 14.8 Å². The first-order valence-corrected chi connectivity index (χ1v) is 9.20. The number of benzene rings is 1. The predicted octanol–water partition coefficient (Wildman–Crippen LogP) is 0.993. The Morgan fingerprint density at radius 2 is 1.93 bits per heavy atom. The van der Waals surface area contributed by atoms with Crippen molar-refractivity contribution in [3.05, 3.63) is 40.6 Å². The van der Waals surface area contributed by atoms with Gasteiger partial charge in [0.1, 0.15) is 12.4 Å². The highest BCUT2D eigenvalue weighted by Crippen LogP contribution is 2.32. The molecule has 2 aliphatic rings. The van der Waals surface area contributed by atoms with Gasteiger partial charge >= 0.3 is 0 Å². The summed E-state index contributed by atoms with van der Waals surface area (Å²) in [6.45, 7) is -0.270. The molecular weight excluding hydrogens is 375 g/mol. The van der Waals surface area contributed by atoms with Gasteiger partial charge in [0.25, 0.3) is 11.1 Å². The summed E-state index contributed by atoms with van der Waals surface area (Å²) in [5.41, 5.74) is 0.543. The molecule has 0 N–H and O–H groups in total. The summed E-state index contributed by atoms with van der Waals surface area (Å²) < 4.78 is 13.0. The lowest BCUT2D eigenvalue weighted by Gasteiger charge is -2.36. The van der Waals surface area contributed by atoms with Gasteiger partial charge in [-0.15, -0.1) is 0 Å². The van der Waals surface area contributed by atoms with Crippen molar-refractivity contribution in [3.63, 3.8) is 0 Å². The number of imide groups is 1. The molecule has 0 aromatic heterocycles. The van der Waals surface area contributed by atoms with Gasteiger partial charge in [-0.25, -0.2) is 4.39 Å². The molecule has 0 unspecified atom stereocenters. The molecule has 9 heteroatoms. The number of nitrogens with zero attached hydrogens (tertiary/aromatic N) is 2. The van der Waals surface area contributed by atoms with E-state index in [1.165, 1.54) is 30.3 Å². The third-order valence-corrected chi connectivity index (χ3v) is 5.34. The number of amides is 3. The second kappa shape index (κ2) is 7.91. The minimum absolute atomic E-state index is 0.120. The second-order valence-electron chi connectivity index (χ2n) is 6.24. The van der Waals surface area contributed by atoms with E-state index in [0.29, 0.717) is 36.6 Å². The van der Waals surface area contributed by atoms with Crippen LogP contribution in [0.25, 0.3) is 6.08 Å². The van der Waals surface area contributed by atoms with Gasteiger partial charge in [0, 0.05) is 6.54 Å². The number of aliphatic carboxylic acids is 1. The zero-order chi connectivity index (χ0) is 19.6. The molecule has 2 fully saturated rings. The van der Waals surface area contributed by atoms with Crippen LogP contribution in [0.3, 0.4) is 0 Å². The molecule has 1 aromatic rings. The topological polar surface area (TPSA) is 97.8 Å². The fourth-order valence-corrected chi connectivity index (χ4v) is 3.89. The monoisotopic (exact) mass is 391 g/mol. The SMILES string of the molecule is O=C([O-])[C@@H]1CCCCN1C(=O)CN1C(=O)S/C(=C\c2ccc(F)cc2)C1=O. The summed E-state index contributed by atoms with van der Waals surface area (Å²) in [6.07, 6.45) is 3.06. The molecule has 0 spiro atoms. The van der Waals surface area contributed by atoms with E-state index in [1.807, 2.05) is 0 Å². The minimum atomic E-state index is -1.34. The van der Waals surface area contributed by atoms with Crippen molar-refractivity contribution in [1.82, 2.24) is 9.80 Å². The van der Waals surface area contributed by atoms with Crippen LogP contribution in [0.1, 0.15) is 24.8 Å². The summed E-state index contributed by atoms with van der Waals surface area (Å²) in [5.74, 6) is -3.00. The van der Waals surface area contributed by atoms with E-state index in [2.05, 4.69) is 0 Å². The molecular formula is C18H16FN2O5S-. The Morgan fingerprint density at radius 3 is 2.59 bits per heavy atom.